The molecule has 0 aromatic heterocycles. The molecular weight excluding hydrogens is 272 g/mol. The summed E-state index contributed by atoms with van der Waals surface area (Å²) in [7, 11) is 1.56. The summed E-state index contributed by atoms with van der Waals surface area (Å²) in [5.74, 6) is -0.316. The summed E-state index contributed by atoms with van der Waals surface area (Å²) in [5, 5.41) is 11.6. The van der Waals surface area contributed by atoms with E-state index in [9.17, 15) is 9.59 Å². The van der Waals surface area contributed by atoms with Crippen molar-refractivity contribution in [2.45, 2.75) is 6.42 Å². The summed E-state index contributed by atoms with van der Waals surface area (Å²) in [6, 6.07) is 8.84. The van der Waals surface area contributed by atoms with Crippen LogP contribution in [0, 0.1) is 0 Å². The lowest BCUT2D eigenvalue weighted by atomic mass is 10.2. The van der Waals surface area contributed by atoms with Crippen LogP contribution < -0.4 is 5.32 Å². The third kappa shape index (κ3) is 6.37. The van der Waals surface area contributed by atoms with Crippen molar-refractivity contribution in [1.82, 2.24) is 10.2 Å². The maximum atomic E-state index is 12.0. The lowest BCUT2D eigenvalue weighted by Gasteiger charge is -2.21. The van der Waals surface area contributed by atoms with Gasteiger partial charge in [-0.05, 0) is 12.1 Å². The largest absolute Gasteiger partial charge is 0.395 e. The van der Waals surface area contributed by atoms with E-state index in [0.717, 1.165) is 0 Å². The van der Waals surface area contributed by atoms with Gasteiger partial charge in [-0.2, -0.15) is 0 Å². The normalized spacial score (nSPS) is 10.2. The Bertz CT molecular complexity index is 437. The minimum absolute atomic E-state index is 0.0914. The number of nitrogens with one attached hydrogen (secondary N) is 1. The molecule has 1 rings (SSSR count). The molecule has 0 radical (unpaired) electrons. The standard InChI is InChI=1S/C15H22N2O4/c1-21-12-10-17(9-11-18)14(19)7-8-16-15(20)13-5-3-2-4-6-13/h2-6,18H,7-12H2,1H3,(H,16,20). The van der Waals surface area contributed by atoms with E-state index in [1.54, 1.807) is 31.4 Å². The van der Waals surface area contributed by atoms with Crippen molar-refractivity contribution in [3.63, 3.8) is 0 Å². The van der Waals surface area contributed by atoms with Crippen molar-refractivity contribution in [2.24, 2.45) is 0 Å². The third-order valence-electron chi connectivity index (χ3n) is 2.95. The van der Waals surface area contributed by atoms with E-state index in [0.29, 0.717) is 18.7 Å². The Labute approximate surface area is 124 Å². The fourth-order valence-electron chi connectivity index (χ4n) is 1.82. The van der Waals surface area contributed by atoms with Gasteiger partial charge in [0.2, 0.25) is 5.91 Å². The van der Waals surface area contributed by atoms with Crippen LogP contribution in [0.1, 0.15) is 16.8 Å². The van der Waals surface area contributed by atoms with Crippen molar-refractivity contribution in [1.29, 1.82) is 0 Å². The minimum atomic E-state index is -0.200. The third-order valence-corrected chi connectivity index (χ3v) is 2.95. The number of benzene rings is 1. The zero-order chi connectivity index (χ0) is 15.5. The molecule has 0 spiro atoms. The second-order valence-corrected chi connectivity index (χ2v) is 4.47. The topological polar surface area (TPSA) is 78.9 Å². The van der Waals surface area contributed by atoms with Gasteiger partial charge in [-0.1, -0.05) is 18.2 Å². The maximum Gasteiger partial charge on any atom is 0.251 e. The average molecular weight is 294 g/mol. The quantitative estimate of drug-likeness (QED) is 0.685. The second kappa shape index (κ2) is 9.90. The first-order valence-corrected chi connectivity index (χ1v) is 6.90. The molecule has 1 aromatic rings. The number of carbonyl (C=O) groups is 2. The SMILES string of the molecule is COCCN(CCO)C(=O)CCNC(=O)c1ccccc1. The lowest BCUT2D eigenvalue weighted by molar-refractivity contribution is -0.132. The molecule has 6 heteroatoms. The molecule has 0 fully saturated rings. The Kier molecular flexibility index (Phi) is 8.08. The molecule has 6 nitrogen and oxygen atoms in total. The highest BCUT2D eigenvalue weighted by atomic mass is 16.5. The summed E-state index contributed by atoms with van der Waals surface area (Å²) in [4.78, 5) is 25.3. The lowest BCUT2D eigenvalue weighted by Crippen LogP contribution is -2.38. The number of hydrogen-bond acceptors (Lipinski definition) is 4. The van der Waals surface area contributed by atoms with Crippen LogP contribution in [0.5, 0.6) is 0 Å². The van der Waals surface area contributed by atoms with Gasteiger partial charge in [-0.3, -0.25) is 9.59 Å². The van der Waals surface area contributed by atoms with E-state index in [-0.39, 0.29) is 37.9 Å². The number of hydrogen-bond donors (Lipinski definition) is 2. The van der Waals surface area contributed by atoms with Crippen LogP contribution in [-0.2, 0) is 9.53 Å². The number of aliphatic hydroxyl groups excluding tert-OH is 1. The molecule has 21 heavy (non-hydrogen) atoms. The van der Waals surface area contributed by atoms with Crippen molar-refractivity contribution in [3.8, 4) is 0 Å². The van der Waals surface area contributed by atoms with Gasteiger partial charge in [-0.25, -0.2) is 0 Å². The zero-order valence-corrected chi connectivity index (χ0v) is 12.2. The van der Waals surface area contributed by atoms with Crippen LogP contribution in [-0.4, -0.2) is 61.8 Å². The Balaban J connectivity index is 2.35. The van der Waals surface area contributed by atoms with Crippen LogP contribution in [0.15, 0.2) is 30.3 Å². The molecule has 0 atom stereocenters. The van der Waals surface area contributed by atoms with Crippen LogP contribution in [0.3, 0.4) is 0 Å². The number of nitrogens with zero attached hydrogens (tertiary/aromatic N) is 1. The van der Waals surface area contributed by atoms with E-state index >= 15 is 0 Å². The number of aliphatic hydroxyl groups is 1. The molecule has 1 aromatic carbocycles. The Morgan fingerprint density at radius 3 is 2.57 bits per heavy atom. The first-order chi connectivity index (χ1) is 10.2. The van der Waals surface area contributed by atoms with Crippen molar-refractivity contribution >= 4 is 11.8 Å². The van der Waals surface area contributed by atoms with Gasteiger partial charge < -0.3 is 20.1 Å². The highest BCUT2D eigenvalue weighted by Gasteiger charge is 2.13. The van der Waals surface area contributed by atoms with E-state index in [1.807, 2.05) is 6.07 Å². The van der Waals surface area contributed by atoms with Crippen LogP contribution in [0.4, 0.5) is 0 Å². The van der Waals surface area contributed by atoms with E-state index in [2.05, 4.69) is 5.32 Å². The monoisotopic (exact) mass is 294 g/mol. The number of ether oxygens (including phenoxy) is 1. The van der Waals surface area contributed by atoms with Gasteiger partial charge in [0.1, 0.15) is 0 Å². The molecule has 0 bridgehead atoms. The van der Waals surface area contributed by atoms with E-state index in [1.165, 1.54) is 4.90 Å². The molecule has 0 saturated heterocycles. The molecule has 0 saturated carbocycles. The molecule has 116 valence electrons. The smallest absolute Gasteiger partial charge is 0.251 e. The summed E-state index contributed by atoms with van der Waals surface area (Å²) >= 11 is 0. The maximum absolute atomic E-state index is 12.0. The van der Waals surface area contributed by atoms with Crippen LogP contribution in [0.2, 0.25) is 0 Å². The molecule has 0 aliphatic rings. The second-order valence-electron chi connectivity index (χ2n) is 4.47. The summed E-state index contributed by atoms with van der Waals surface area (Å²) in [6.45, 7) is 1.30. The van der Waals surface area contributed by atoms with Crippen molar-refractivity contribution in [2.75, 3.05) is 40.0 Å². The predicted octanol–water partition coefficient (Wildman–Crippen LogP) is 0.274. The average Bonchev–Trinajstić information content (AvgIpc) is 2.52. The molecule has 0 unspecified atom stereocenters. The van der Waals surface area contributed by atoms with Crippen molar-refractivity contribution in [3.05, 3.63) is 35.9 Å². The summed E-state index contributed by atoms with van der Waals surface area (Å²) in [5.41, 5.74) is 0.566. The Morgan fingerprint density at radius 1 is 1.24 bits per heavy atom. The highest BCUT2D eigenvalue weighted by molar-refractivity contribution is 5.94. The van der Waals surface area contributed by atoms with Gasteiger partial charge >= 0.3 is 0 Å². The number of carbonyl (C=O) groups excluding carboxylic acids is 2. The fourth-order valence-corrected chi connectivity index (χ4v) is 1.82. The first kappa shape index (κ1) is 17.1. The fraction of sp³-hybridized carbons (Fsp3) is 0.467. The van der Waals surface area contributed by atoms with Crippen LogP contribution >= 0.6 is 0 Å². The van der Waals surface area contributed by atoms with Crippen LogP contribution in [0.25, 0.3) is 0 Å². The van der Waals surface area contributed by atoms with E-state index < -0.39 is 0 Å². The Morgan fingerprint density at radius 2 is 1.95 bits per heavy atom. The summed E-state index contributed by atoms with van der Waals surface area (Å²) in [6.07, 6.45) is 0.197. The molecule has 2 amide bonds. The number of methoxy groups -OCH3 is 1. The van der Waals surface area contributed by atoms with Gasteiger partial charge in [-0.15, -0.1) is 0 Å². The Hall–Kier alpha value is -1.92. The van der Waals surface area contributed by atoms with Gasteiger partial charge in [0.15, 0.2) is 0 Å². The molecule has 0 heterocycles. The molecule has 2 N–H and O–H groups in total. The summed E-state index contributed by atoms with van der Waals surface area (Å²) < 4.78 is 4.92. The molecular formula is C15H22N2O4. The number of rotatable bonds is 9. The van der Waals surface area contributed by atoms with Gasteiger partial charge in [0.05, 0.1) is 13.2 Å². The first-order valence-electron chi connectivity index (χ1n) is 6.90. The van der Waals surface area contributed by atoms with Crippen molar-refractivity contribution < 1.29 is 19.4 Å². The van der Waals surface area contributed by atoms with Gasteiger partial charge in [0.25, 0.3) is 5.91 Å². The molecule has 0 aliphatic carbocycles. The zero-order valence-electron chi connectivity index (χ0n) is 12.2. The minimum Gasteiger partial charge on any atom is -0.395 e. The predicted molar refractivity (Wildman–Crippen MR) is 78.9 cm³/mol. The van der Waals surface area contributed by atoms with Gasteiger partial charge in [0, 0.05) is 38.7 Å². The highest BCUT2D eigenvalue weighted by Crippen LogP contribution is 1.98. The number of amides is 2. The molecule has 0 aliphatic heterocycles. The van der Waals surface area contributed by atoms with E-state index in [4.69, 9.17) is 9.84 Å².